The molecule has 0 bridgehead atoms. The fraction of sp³-hybridized carbons (Fsp3) is 0.462. The molecule has 0 aliphatic carbocycles. The van der Waals surface area contributed by atoms with Crippen LogP contribution >= 0.6 is 0 Å². The minimum absolute atomic E-state index is 0.0730. The molecule has 0 aromatic heterocycles. The number of hydrogen-bond acceptors (Lipinski definition) is 3. The molecule has 5 nitrogen and oxygen atoms in total. The number of carbonyl (C=O) groups excluding carboxylic acids is 2. The molecule has 2 rings (SSSR count). The molecule has 0 saturated carbocycles. The van der Waals surface area contributed by atoms with Crippen LogP contribution in [0, 0.1) is 0 Å². The fourth-order valence-electron chi connectivity index (χ4n) is 3.61. The number of aryl methyl sites for hydroxylation is 1. The number of ether oxygens (including phenoxy) is 1. The van der Waals surface area contributed by atoms with Gasteiger partial charge in [0.1, 0.15) is 5.75 Å². The first-order valence-electron chi connectivity index (χ1n) is 11.4. The maximum Gasteiger partial charge on any atom is 0.276 e. The maximum absolute atomic E-state index is 13.6. The van der Waals surface area contributed by atoms with Crippen molar-refractivity contribution in [1.29, 1.82) is 0 Å². The zero-order chi connectivity index (χ0) is 22.6. The molecule has 2 amide bonds. The Labute approximate surface area is 186 Å². The number of benzene rings is 2. The van der Waals surface area contributed by atoms with E-state index < -0.39 is 0 Å². The van der Waals surface area contributed by atoms with Gasteiger partial charge in [-0.15, -0.1) is 0 Å². The predicted molar refractivity (Wildman–Crippen MR) is 125 cm³/mol. The molecular formula is C26H36N2O3. The summed E-state index contributed by atoms with van der Waals surface area (Å²) in [7, 11) is 1.55. The number of unbranched alkanes of at least 4 members (excludes halogenated alkanes) is 2. The first-order valence-corrected chi connectivity index (χ1v) is 11.4. The van der Waals surface area contributed by atoms with E-state index in [0.29, 0.717) is 16.9 Å². The van der Waals surface area contributed by atoms with E-state index in [4.69, 9.17) is 4.74 Å². The van der Waals surface area contributed by atoms with Crippen molar-refractivity contribution >= 4 is 11.8 Å². The molecule has 1 N–H and O–H groups in total. The Bertz CT molecular complexity index is 825. The lowest BCUT2D eigenvalue weighted by Crippen LogP contribution is -2.52. The Kier molecular flexibility index (Phi) is 10.1. The minimum atomic E-state index is -0.274. The molecule has 0 heterocycles. The Morgan fingerprint density at radius 3 is 2.10 bits per heavy atom. The van der Waals surface area contributed by atoms with Crippen molar-refractivity contribution in [3.05, 3.63) is 65.2 Å². The Balaban J connectivity index is 2.36. The first kappa shape index (κ1) is 24.4. The summed E-state index contributed by atoms with van der Waals surface area (Å²) in [5.41, 5.74) is 5.09. The van der Waals surface area contributed by atoms with Gasteiger partial charge in [0.2, 0.25) is 0 Å². The van der Waals surface area contributed by atoms with E-state index in [-0.39, 0.29) is 17.9 Å². The van der Waals surface area contributed by atoms with Gasteiger partial charge >= 0.3 is 0 Å². The molecule has 0 unspecified atom stereocenters. The second-order valence-corrected chi connectivity index (χ2v) is 7.81. The summed E-state index contributed by atoms with van der Waals surface area (Å²) in [6, 6.07) is 14.6. The van der Waals surface area contributed by atoms with E-state index in [1.807, 2.05) is 36.4 Å². The number of methoxy groups -OCH3 is 1. The minimum Gasteiger partial charge on any atom is -0.496 e. The van der Waals surface area contributed by atoms with E-state index in [1.165, 1.54) is 5.56 Å². The average Bonchev–Trinajstić information content (AvgIpc) is 2.82. The van der Waals surface area contributed by atoms with Crippen LogP contribution in [0.1, 0.15) is 85.6 Å². The summed E-state index contributed by atoms with van der Waals surface area (Å²) >= 11 is 0. The largest absolute Gasteiger partial charge is 0.496 e. The van der Waals surface area contributed by atoms with Crippen molar-refractivity contribution < 1.29 is 14.3 Å². The molecule has 0 atom stereocenters. The number of nitrogens with one attached hydrogen (secondary N) is 1. The topological polar surface area (TPSA) is 58.6 Å². The lowest BCUT2D eigenvalue weighted by Gasteiger charge is -2.32. The van der Waals surface area contributed by atoms with Gasteiger partial charge in [0.15, 0.2) is 0 Å². The van der Waals surface area contributed by atoms with Gasteiger partial charge in [0, 0.05) is 5.56 Å². The van der Waals surface area contributed by atoms with Gasteiger partial charge in [0.05, 0.1) is 18.7 Å². The van der Waals surface area contributed by atoms with Crippen molar-refractivity contribution in [1.82, 2.24) is 10.4 Å². The Morgan fingerprint density at radius 1 is 0.935 bits per heavy atom. The van der Waals surface area contributed by atoms with Crippen LogP contribution in [-0.4, -0.2) is 30.0 Å². The van der Waals surface area contributed by atoms with Crippen LogP contribution < -0.4 is 10.2 Å². The van der Waals surface area contributed by atoms with Gasteiger partial charge in [-0.25, -0.2) is 5.01 Å². The van der Waals surface area contributed by atoms with E-state index >= 15 is 0 Å². The number of hydrogen-bond donors (Lipinski definition) is 1. The third kappa shape index (κ3) is 6.84. The van der Waals surface area contributed by atoms with Gasteiger partial charge in [0.25, 0.3) is 11.8 Å². The summed E-state index contributed by atoms with van der Waals surface area (Å²) in [5, 5.41) is 1.54. The normalized spacial score (nSPS) is 10.7. The van der Waals surface area contributed by atoms with Gasteiger partial charge in [-0.2, -0.15) is 0 Å². The molecule has 31 heavy (non-hydrogen) atoms. The summed E-state index contributed by atoms with van der Waals surface area (Å²) in [5.74, 6) is -0.0131. The lowest BCUT2D eigenvalue weighted by molar-refractivity contribution is 0.0447. The third-order valence-corrected chi connectivity index (χ3v) is 5.55. The molecule has 0 fully saturated rings. The highest BCUT2D eigenvalue weighted by atomic mass is 16.5. The highest BCUT2D eigenvalue weighted by Gasteiger charge is 2.28. The molecule has 0 aliphatic rings. The second-order valence-electron chi connectivity index (χ2n) is 7.81. The Hall–Kier alpha value is -2.82. The number of nitrogens with zero attached hydrogens (tertiary/aromatic N) is 1. The van der Waals surface area contributed by atoms with Crippen LogP contribution in [0.3, 0.4) is 0 Å². The predicted octanol–water partition coefficient (Wildman–Crippen LogP) is 5.79. The van der Waals surface area contributed by atoms with Crippen LogP contribution in [0.15, 0.2) is 48.5 Å². The quantitative estimate of drug-likeness (QED) is 0.464. The van der Waals surface area contributed by atoms with Crippen molar-refractivity contribution in [2.75, 3.05) is 7.11 Å². The van der Waals surface area contributed by atoms with E-state index in [0.717, 1.165) is 44.9 Å². The fourth-order valence-corrected chi connectivity index (χ4v) is 3.61. The molecule has 0 radical (unpaired) electrons. The van der Waals surface area contributed by atoms with Crippen LogP contribution in [0.2, 0.25) is 0 Å². The molecule has 5 heteroatoms. The third-order valence-electron chi connectivity index (χ3n) is 5.55. The highest BCUT2D eigenvalue weighted by molar-refractivity contribution is 6.00. The van der Waals surface area contributed by atoms with Crippen LogP contribution in [-0.2, 0) is 6.42 Å². The number of hydrazine groups is 1. The SMILES string of the molecule is CCCCC(CCCC)N(NC(=O)c1ccc(CC)cc1)C(=O)c1ccccc1OC. The van der Waals surface area contributed by atoms with Crippen molar-refractivity contribution in [2.24, 2.45) is 0 Å². The molecule has 0 spiro atoms. The highest BCUT2D eigenvalue weighted by Crippen LogP contribution is 2.23. The number of amides is 2. The molecule has 0 aliphatic heterocycles. The Morgan fingerprint density at radius 2 is 1.55 bits per heavy atom. The standard InChI is InChI=1S/C26H36N2O3/c1-5-8-12-22(13-9-6-2)28(26(30)23-14-10-11-15-24(23)31-4)27-25(29)21-18-16-20(7-3)17-19-21/h10-11,14-19,22H,5-9,12-13H2,1-4H3,(H,27,29). The van der Waals surface area contributed by atoms with Crippen molar-refractivity contribution in [2.45, 2.75) is 71.8 Å². The van der Waals surface area contributed by atoms with E-state index in [2.05, 4.69) is 26.2 Å². The van der Waals surface area contributed by atoms with Gasteiger partial charge < -0.3 is 4.74 Å². The van der Waals surface area contributed by atoms with E-state index in [1.54, 1.807) is 24.3 Å². The van der Waals surface area contributed by atoms with E-state index in [9.17, 15) is 9.59 Å². The zero-order valence-electron chi connectivity index (χ0n) is 19.3. The molecule has 2 aromatic carbocycles. The van der Waals surface area contributed by atoms with Crippen molar-refractivity contribution in [3.8, 4) is 5.75 Å². The zero-order valence-corrected chi connectivity index (χ0v) is 19.3. The molecule has 168 valence electrons. The average molecular weight is 425 g/mol. The monoisotopic (exact) mass is 424 g/mol. The summed E-state index contributed by atoms with van der Waals surface area (Å²) < 4.78 is 5.41. The van der Waals surface area contributed by atoms with Crippen LogP contribution in [0.25, 0.3) is 0 Å². The van der Waals surface area contributed by atoms with Gasteiger partial charge in [-0.1, -0.05) is 70.7 Å². The van der Waals surface area contributed by atoms with Crippen LogP contribution in [0.4, 0.5) is 0 Å². The molecule has 2 aromatic rings. The maximum atomic E-state index is 13.6. The number of rotatable bonds is 11. The second kappa shape index (κ2) is 12.8. The molecule has 0 saturated heterocycles. The summed E-state index contributed by atoms with van der Waals surface area (Å²) in [4.78, 5) is 26.7. The number of carbonyl (C=O) groups is 2. The van der Waals surface area contributed by atoms with Gasteiger partial charge in [-0.05, 0) is 49.1 Å². The summed E-state index contributed by atoms with van der Waals surface area (Å²) in [6.07, 6.45) is 6.64. The van der Waals surface area contributed by atoms with Crippen molar-refractivity contribution in [3.63, 3.8) is 0 Å². The van der Waals surface area contributed by atoms with Crippen LogP contribution in [0.5, 0.6) is 5.75 Å². The smallest absolute Gasteiger partial charge is 0.276 e. The lowest BCUT2D eigenvalue weighted by atomic mass is 10.0. The first-order chi connectivity index (χ1) is 15.0. The number of para-hydroxylation sites is 1. The molecular weight excluding hydrogens is 388 g/mol. The van der Waals surface area contributed by atoms with Gasteiger partial charge in [-0.3, -0.25) is 15.0 Å². The summed E-state index contributed by atoms with van der Waals surface area (Å²) in [6.45, 7) is 6.35.